The van der Waals surface area contributed by atoms with Crippen molar-refractivity contribution in [3.05, 3.63) is 23.4 Å². The van der Waals surface area contributed by atoms with Crippen LogP contribution in [0.1, 0.15) is 6.92 Å². The van der Waals surface area contributed by atoms with Crippen LogP contribution in [0, 0.1) is 22.1 Å². The first-order chi connectivity index (χ1) is 6.24. The van der Waals surface area contributed by atoms with Crippen LogP contribution < -0.4 is 5.32 Å². The molecule has 0 amide bonds. The normalized spacial score (nSPS) is 11.7. The second kappa shape index (κ2) is 6.80. The zero-order valence-electron chi connectivity index (χ0n) is 7.46. The van der Waals surface area contributed by atoms with Crippen LogP contribution in [0.2, 0.25) is 0 Å². The van der Waals surface area contributed by atoms with Gasteiger partial charge >= 0.3 is 0 Å². The Morgan fingerprint density at radius 3 is 2.69 bits per heavy atom. The van der Waals surface area contributed by atoms with E-state index in [1.807, 2.05) is 13.0 Å². The fraction of sp³-hybridized carbons (Fsp3) is 0.222. The zero-order chi connectivity index (χ0) is 10.1. The molecule has 0 spiro atoms. The number of hydrogen-bond donors (Lipinski definition) is 3. The quantitative estimate of drug-likeness (QED) is 0.435. The summed E-state index contributed by atoms with van der Waals surface area (Å²) in [6.07, 6.45) is 5.34. The van der Waals surface area contributed by atoms with Gasteiger partial charge in [0.2, 0.25) is 0 Å². The van der Waals surface area contributed by atoms with Gasteiger partial charge in [0.25, 0.3) is 0 Å². The predicted molar refractivity (Wildman–Crippen MR) is 53.0 cm³/mol. The van der Waals surface area contributed by atoms with Crippen LogP contribution >= 0.6 is 0 Å². The van der Waals surface area contributed by atoms with Gasteiger partial charge in [0, 0.05) is 25.2 Å². The van der Waals surface area contributed by atoms with Crippen molar-refractivity contribution in [2.45, 2.75) is 6.92 Å². The van der Waals surface area contributed by atoms with Crippen molar-refractivity contribution in [1.29, 1.82) is 16.1 Å². The molecular formula is C9H12N4. The Labute approximate surface area is 77.6 Å². The molecule has 0 saturated heterocycles. The van der Waals surface area contributed by atoms with Gasteiger partial charge < -0.3 is 16.1 Å². The van der Waals surface area contributed by atoms with Crippen molar-refractivity contribution >= 4 is 12.4 Å². The minimum atomic E-state index is 0.280. The Hall–Kier alpha value is -1.89. The third kappa shape index (κ3) is 5.39. The van der Waals surface area contributed by atoms with Crippen LogP contribution in [-0.4, -0.2) is 19.0 Å². The van der Waals surface area contributed by atoms with Crippen molar-refractivity contribution in [3.8, 4) is 6.07 Å². The number of hydrogen-bond acceptors (Lipinski definition) is 4. The Morgan fingerprint density at radius 2 is 2.23 bits per heavy atom. The summed E-state index contributed by atoms with van der Waals surface area (Å²) in [5.74, 6) is 0. The van der Waals surface area contributed by atoms with Crippen LogP contribution in [-0.2, 0) is 0 Å². The maximum absolute atomic E-state index is 8.43. The van der Waals surface area contributed by atoms with E-state index in [0.29, 0.717) is 6.54 Å². The van der Waals surface area contributed by atoms with Gasteiger partial charge in [0.1, 0.15) is 6.07 Å². The summed E-state index contributed by atoms with van der Waals surface area (Å²) in [5, 5.41) is 24.9. The molecule has 0 saturated carbocycles. The third-order valence-corrected chi connectivity index (χ3v) is 1.29. The van der Waals surface area contributed by atoms with Gasteiger partial charge in [-0.2, -0.15) is 5.26 Å². The minimum absolute atomic E-state index is 0.280. The molecule has 0 aliphatic heterocycles. The Morgan fingerprint density at radius 1 is 1.54 bits per heavy atom. The van der Waals surface area contributed by atoms with E-state index in [0.717, 1.165) is 11.8 Å². The molecule has 0 aliphatic carbocycles. The van der Waals surface area contributed by atoms with E-state index in [1.54, 1.807) is 6.08 Å². The van der Waals surface area contributed by atoms with Crippen LogP contribution in [0.25, 0.3) is 0 Å². The van der Waals surface area contributed by atoms with Gasteiger partial charge in [-0.25, -0.2) is 0 Å². The van der Waals surface area contributed by atoms with E-state index >= 15 is 0 Å². The lowest BCUT2D eigenvalue weighted by atomic mass is 10.3. The minimum Gasteiger partial charge on any atom is -0.386 e. The maximum atomic E-state index is 8.43. The van der Waals surface area contributed by atoms with E-state index in [2.05, 4.69) is 5.32 Å². The SMILES string of the molecule is C/C(=C\C=N)CN/C=C(/C#N)C=N. The van der Waals surface area contributed by atoms with Gasteiger partial charge in [-0.15, -0.1) is 0 Å². The second-order valence-electron chi connectivity index (χ2n) is 2.42. The molecule has 3 N–H and O–H groups in total. The summed E-state index contributed by atoms with van der Waals surface area (Å²) in [5.41, 5.74) is 1.27. The number of nitriles is 1. The number of rotatable bonds is 5. The largest absolute Gasteiger partial charge is 0.386 e. The van der Waals surface area contributed by atoms with E-state index in [4.69, 9.17) is 16.1 Å². The van der Waals surface area contributed by atoms with Crippen molar-refractivity contribution in [2.75, 3.05) is 6.54 Å². The Bertz CT molecular complexity index is 280. The van der Waals surface area contributed by atoms with Crippen molar-refractivity contribution < 1.29 is 0 Å². The highest BCUT2D eigenvalue weighted by Gasteiger charge is 1.88. The Kier molecular flexibility index (Phi) is 5.81. The molecule has 0 fully saturated rings. The fourth-order valence-electron chi connectivity index (χ4n) is 0.629. The van der Waals surface area contributed by atoms with Crippen molar-refractivity contribution in [3.63, 3.8) is 0 Å². The lowest BCUT2D eigenvalue weighted by Gasteiger charge is -1.99. The molecule has 0 unspecified atom stereocenters. The molecule has 0 aliphatic rings. The summed E-state index contributed by atoms with van der Waals surface area (Å²) in [6, 6.07) is 1.85. The molecule has 4 nitrogen and oxygen atoms in total. The Balaban J connectivity index is 3.99. The van der Waals surface area contributed by atoms with E-state index < -0.39 is 0 Å². The molecule has 0 aromatic rings. The van der Waals surface area contributed by atoms with Gasteiger partial charge in [0.15, 0.2) is 0 Å². The molecule has 0 radical (unpaired) electrons. The highest BCUT2D eigenvalue weighted by atomic mass is 14.8. The highest BCUT2D eigenvalue weighted by Crippen LogP contribution is 1.88. The molecule has 0 bridgehead atoms. The molecule has 0 rings (SSSR count). The number of nitrogens with zero attached hydrogens (tertiary/aromatic N) is 1. The standard InChI is InChI=1S/C9H12N4/c1-8(2-3-10)6-13-7-9(4-11)5-12/h2-4,7,10-11,13H,6H2,1H3/b8-2+,9-7+,10-3?,11-4?. The first-order valence-corrected chi connectivity index (χ1v) is 3.75. The van der Waals surface area contributed by atoms with Crippen molar-refractivity contribution in [1.82, 2.24) is 5.32 Å². The van der Waals surface area contributed by atoms with E-state index in [-0.39, 0.29) is 5.57 Å². The average molecular weight is 176 g/mol. The fourth-order valence-corrected chi connectivity index (χ4v) is 0.629. The molecule has 0 atom stereocenters. The number of allylic oxidation sites excluding steroid dienone is 2. The van der Waals surface area contributed by atoms with Crippen LogP contribution in [0.3, 0.4) is 0 Å². The van der Waals surface area contributed by atoms with Gasteiger partial charge in [0.05, 0.1) is 5.57 Å². The van der Waals surface area contributed by atoms with Crippen LogP contribution in [0.15, 0.2) is 23.4 Å². The second-order valence-corrected chi connectivity index (χ2v) is 2.42. The first kappa shape index (κ1) is 11.1. The smallest absolute Gasteiger partial charge is 0.102 e. The maximum Gasteiger partial charge on any atom is 0.102 e. The number of nitrogens with one attached hydrogen (secondary N) is 3. The van der Waals surface area contributed by atoms with Gasteiger partial charge in [-0.1, -0.05) is 5.57 Å². The topological polar surface area (TPSA) is 83.5 Å². The molecule has 4 heteroatoms. The zero-order valence-corrected chi connectivity index (χ0v) is 7.46. The van der Waals surface area contributed by atoms with Crippen LogP contribution in [0.5, 0.6) is 0 Å². The lowest BCUT2D eigenvalue weighted by molar-refractivity contribution is 0.935. The molecule has 13 heavy (non-hydrogen) atoms. The average Bonchev–Trinajstić information content (AvgIpc) is 2.13. The van der Waals surface area contributed by atoms with E-state index in [9.17, 15) is 0 Å². The monoisotopic (exact) mass is 176 g/mol. The highest BCUT2D eigenvalue weighted by molar-refractivity contribution is 5.80. The molecule has 0 aromatic heterocycles. The van der Waals surface area contributed by atoms with Gasteiger partial charge in [-0.3, -0.25) is 0 Å². The summed E-state index contributed by atoms with van der Waals surface area (Å²) >= 11 is 0. The molecule has 0 aromatic carbocycles. The first-order valence-electron chi connectivity index (χ1n) is 3.75. The van der Waals surface area contributed by atoms with Crippen LogP contribution in [0.4, 0.5) is 0 Å². The third-order valence-electron chi connectivity index (χ3n) is 1.29. The summed E-state index contributed by atoms with van der Waals surface area (Å²) in [4.78, 5) is 0. The summed E-state index contributed by atoms with van der Waals surface area (Å²) in [7, 11) is 0. The molecular weight excluding hydrogens is 164 g/mol. The van der Waals surface area contributed by atoms with Crippen molar-refractivity contribution in [2.24, 2.45) is 0 Å². The molecule has 68 valence electrons. The lowest BCUT2D eigenvalue weighted by Crippen LogP contribution is -2.09. The summed E-state index contributed by atoms with van der Waals surface area (Å²) in [6.45, 7) is 2.46. The van der Waals surface area contributed by atoms with Gasteiger partial charge in [-0.05, 0) is 13.0 Å². The summed E-state index contributed by atoms with van der Waals surface area (Å²) < 4.78 is 0. The predicted octanol–water partition coefficient (Wildman–Crippen LogP) is 1.23. The van der Waals surface area contributed by atoms with E-state index in [1.165, 1.54) is 12.4 Å². The molecule has 0 heterocycles.